The maximum atomic E-state index is 12.4. The number of nitrogens with zero attached hydrogens (tertiary/aromatic N) is 2. The van der Waals surface area contributed by atoms with Crippen LogP contribution in [0, 0.1) is 0 Å². The summed E-state index contributed by atoms with van der Waals surface area (Å²) in [7, 11) is 0. The van der Waals surface area contributed by atoms with Crippen molar-refractivity contribution < 1.29 is 9.53 Å². The minimum Gasteiger partial charge on any atom is -0.479 e. The third kappa shape index (κ3) is 2.97. The summed E-state index contributed by atoms with van der Waals surface area (Å²) in [6.07, 6.45) is 1.23. The highest BCUT2D eigenvalue weighted by molar-refractivity contribution is 5.85. The molecule has 1 aliphatic heterocycles. The number of carbonyl (C=O) groups is 1. The summed E-state index contributed by atoms with van der Waals surface area (Å²) in [6, 6.07) is 9.63. The number of rotatable bonds is 3. The Hall–Kier alpha value is -2.14. The summed E-state index contributed by atoms with van der Waals surface area (Å²) < 4.78 is 5.87. The van der Waals surface area contributed by atoms with Gasteiger partial charge in [0.25, 0.3) is 5.91 Å². The topological polar surface area (TPSA) is 54.5 Å². The Labute approximate surface area is 123 Å². The van der Waals surface area contributed by atoms with Gasteiger partial charge in [-0.3, -0.25) is 9.78 Å². The van der Waals surface area contributed by atoms with Crippen molar-refractivity contribution in [2.24, 2.45) is 0 Å². The number of nitrogens with one attached hydrogen (secondary N) is 1. The third-order valence-corrected chi connectivity index (χ3v) is 3.68. The average molecular weight is 285 g/mol. The standard InChI is InChI=1S/C16H19N3O2/c1-12(16(20)19-10-8-17-9-11-19)21-14-6-2-4-13-5-3-7-18-15(13)14/h2-7,12,17H,8-11H2,1H3. The van der Waals surface area contributed by atoms with Gasteiger partial charge in [0.2, 0.25) is 0 Å². The van der Waals surface area contributed by atoms with Crippen LogP contribution in [0.2, 0.25) is 0 Å². The number of piperazine rings is 1. The van der Waals surface area contributed by atoms with Crippen molar-refractivity contribution in [3.8, 4) is 5.75 Å². The zero-order chi connectivity index (χ0) is 14.7. The maximum absolute atomic E-state index is 12.4. The van der Waals surface area contributed by atoms with Gasteiger partial charge in [-0.2, -0.15) is 0 Å². The van der Waals surface area contributed by atoms with Gasteiger partial charge in [0.1, 0.15) is 11.3 Å². The summed E-state index contributed by atoms with van der Waals surface area (Å²) in [6.45, 7) is 4.95. The monoisotopic (exact) mass is 285 g/mol. The van der Waals surface area contributed by atoms with Crippen molar-refractivity contribution in [3.05, 3.63) is 36.5 Å². The first-order valence-electron chi connectivity index (χ1n) is 7.25. The van der Waals surface area contributed by atoms with Gasteiger partial charge in [0.05, 0.1) is 0 Å². The quantitative estimate of drug-likeness (QED) is 0.927. The van der Waals surface area contributed by atoms with Crippen molar-refractivity contribution in [1.82, 2.24) is 15.2 Å². The smallest absolute Gasteiger partial charge is 0.263 e. The molecule has 21 heavy (non-hydrogen) atoms. The lowest BCUT2D eigenvalue weighted by molar-refractivity contribution is -0.138. The molecule has 1 fully saturated rings. The van der Waals surface area contributed by atoms with E-state index in [0.29, 0.717) is 5.75 Å². The molecule has 1 amide bonds. The molecule has 2 aromatic rings. The Balaban J connectivity index is 1.76. The number of ether oxygens (including phenoxy) is 1. The Kier molecular flexibility index (Phi) is 4.01. The molecule has 1 aromatic carbocycles. The number of benzene rings is 1. The van der Waals surface area contributed by atoms with Crippen molar-refractivity contribution >= 4 is 16.8 Å². The van der Waals surface area contributed by atoms with Crippen LogP contribution in [0.3, 0.4) is 0 Å². The first kappa shape index (κ1) is 13.8. The Morgan fingerprint density at radius 3 is 2.86 bits per heavy atom. The van der Waals surface area contributed by atoms with Crippen LogP contribution in [-0.4, -0.2) is 48.1 Å². The largest absolute Gasteiger partial charge is 0.479 e. The van der Waals surface area contributed by atoms with E-state index in [9.17, 15) is 4.79 Å². The summed E-state index contributed by atoms with van der Waals surface area (Å²) in [5, 5.41) is 4.25. The Morgan fingerprint density at radius 2 is 2.05 bits per heavy atom. The highest BCUT2D eigenvalue weighted by Gasteiger charge is 2.23. The second-order valence-electron chi connectivity index (χ2n) is 5.17. The third-order valence-electron chi connectivity index (χ3n) is 3.68. The van der Waals surface area contributed by atoms with Gasteiger partial charge in [0.15, 0.2) is 6.10 Å². The number of hydrogen-bond donors (Lipinski definition) is 1. The van der Waals surface area contributed by atoms with Crippen molar-refractivity contribution in [2.45, 2.75) is 13.0 Å². The first-order valence-corrected chi connectivity index (χ1v) is 7.25. The fraction of sp³-hybridized carbons (Fsp3) is 0.375. The minimum absolute atomic E-state index is 0.0319. The van der Waals surface area contributed by atoms with Gasteiger partial charge in [-0.05, 0) is 19.1 Å². The van der Waals surface area contributed by atoms with Crippen LogP contribution in [0.25, 0.3) is 10.9 Å². The van der Waals surface area contributed by atoms with Crippen molar-refractivity contribution in [1.29, 1.82) is 0 Å². The molecule has 1 atom stereocenters. The SMILES string of the molecule is CC(Oc1cccc2cccnc12)C(=O)N1CCNCC1. The lowest BCUT2D eigenvalue weighted by Gasteiger charge is -2.29. The fourth-order valence-corrected chi connectivity index (χ4v) is 2.55. The predicted octanol–water partition coefficient (Wildman–Crippen LogP) is 1.43. The zero-order valence-corrected chi connectivity index (χ0v) is 12.1. The second-order valence-corrected chi connectivity index (χ2v) is 5.17. The lowest BCUT2D eigenvalue weighted by atomic mass is 10.2. The van der Waals surface area contributed by atoms with E-state index in [1.807, 2.05) is 35.2 Å². The van der Waals surface area contributed by atoms with Gasteiger partial charge in [-0.15, -0.1) is 0 Å². The molecule has 0 aliphatic carbocycles. The van der Waals surface area contributed by atoms with E-state index in [2.05, 4.69) is 10.3 Å². The molecule has 110 valence electrons. The molecule has 0 radical (unpaired) electrons. The van der Waals surface area contributed by atoms with E-state index in [-0.39, 0.29) is 5.91 Å². The highest BCUT2D eigenvalue weighted by atomic mass is 16.5. The van der Waals surface area contributed by atoms with Crippen LogP contribution in [0.1, 0.15) is 6.92 Å². The molecule has 2 heterocycles. The molecular weight excluding hydrogens is 266 g/mol. The molecule has 5 heteroatoms. The summed E-state index contributed by atoms with van der Waals surface area (Å²) in [5.74, 6) is 0.688. The fourth-order valence-electron chi connectivity index (χ4n) is 2.55. The molecule has 0 saturated carbocycles. The number of hydrogen-bond acceptors (Lipinski definition) is 4. The molecular formula is C16H19N3O2. The lowest BCUT2D eigenvalue weighted by Crippen LogP contribution is -2.50. The molecule has 0 bridgehead atoms. The number of para-hydroxylation sites is 1. The first-order chi connectivity index (χ1) is 10.3. The number of fused-ring (bicyclic) bond motifs is 1. The maximum Gasteiger partial charge on any atom is 0.263 e. The van der Waals surface area contributed by atoms with Crippen LogP contribution < -0.4 is 10.1 Å². The molecule has 1 aromatic heterocycles. The summed E-state index contributed by atoms with van der Waals surface area (Å²) in [4.78, 5) is 18.6. The van der Waals surface area contributed by atoms with E-state index in [0.717, 1.165) is 37.1 Å². The van der Waals surface area contributed by atoms with Crippen LogP contribution in [0.4, 0.5) is 0 Å². The second kappa shape index (κ2) is 6.10. The highest BCUT2D eigenvalue weighted by Crippen LogP contribution is 2.24. The molecule has 1 N–H and O–H groups in total. The summed E-state index contributed by atoms with van der Waals surface area (Å²) in [5.41, 5.74) is 0.792. The minimum atomic E-state index is -0.504. The summed E-state index contributed by atoms with van der Waals surface area (Å²) >= 11 is 0. The van der Waals surface area contributed by atoms with Crippen molar-refractivity contribution in [2.75, 3.05) is 26.2 Å². The van der Waals surface area contributed by atoms with E-state index in [1.165, 1.54) is 0 Å². The predicted molar refractivity (Wildman–Crippen MR) is 81.3 cm³/mol. The van der Waals surface area contributed by atoms with Crippen molar-refractivity contribution in [3.63, 3.8) is 0 Å². The number of carbonyl (C=O) groups excluding carboxylic acids is 1. The van der Waals surface area contributed by atoms with Gasteiger partial charge in [-0.25, -0.2) is 0 Å². The normalized spacial score (nSPS) is 16.7. The molecule has 1 aliphatic rings. The van der Waals surface area contributed by atoms with E-state index in [1.54, 1.807) is 13.1 Å². The van der Waals surface area contributed by atoms with E-state index in [4.69, 9.17) is 4.74 Å². The van der Waals surface area contributed by atoms with Crippen LogP contribution >= 0.6 is 0 Å². The average Bonchev–Trinajstić information content (AvgIpc) is 2.55. The van der Waals surface area contributed by atoms with Crippen LogP contribution in [-0.2, 0) is 4.79 Å². The van der Waals surface area contributed by atoms with E-state index < -0.39 is 6.10 Å². The molecule has 5 nitrogen and oxygen atoms in total. The molecule has 0 spiro atoms. The van der Waals surface area contributed by atoms with Crippen LogP contribution in [0.5, 0.6) is 5.75 Å². The number of amides is 1. The molecule has 3 rings (SSSR count). The van der Waals surface area contributed by atoms with Gasteiger partial charge >= 0.3 is 0 Å². The van der Waals surface area contributed by atoms with Gasteiger partial charge in [-0.1, -0.05) is 18.2 Å². The Morgan fingerprint density at radius 1 is 1.29 bits per heavy atom. The van der Waals surface area contributed by atoms with Crippen LogP contribution in [0.15, 0.2) is 36.5 Å². The van der Waals surface area contributed by atoms with Gasteiger partial charge < -0.3 is 15.0 Å². The molecule has 1 saturated heterocycles. The Bertz CT molecular complexity index is 633. The number of pyridine rings is 1. The molecule has 1 unspecified atom stereocenters. The van der Waals surface area contributed by atoms with E-state index >= 15 is 0 Å². The number of aromatic nitrogens is 1. The van der Waals surface area contributed by atoms with Gasteiger partial charge in [0, 0.05) is 37.8 Å². The zero-order valence-electron chi connectivity index (χ0n) is 12.1.